The molecule has 0 unspecified atom stereocenters. The zero-order valence-corrected chi connectivity index (χ0v) is 13.6. The van der Waals surface area contributed by atoms with E-state index in [4.69, 9.17) is 14.2 Å². The Morgan fingerprint density at radius 2 is 2.08 bits per heavy atom. The lowest BCUT2D eigenvalue weighted by atomic mass is 9.89. The quantitative estimate of drug-likeness (QED) is 0.793. The number of hydrogen-bond donors (Lipinski definition) is 1. The number of amides is 1. The number of benzene rings is 1. The van der Waals surface area contributed by atoms with Gasteiger partial charge in [-0.1, -0.05) is 6.07 Å². The highest BCUT2D eigenvalue weighted by Crippen LogP contribution is 2.39. The van der Waals surface area contributed by atoms with Gasteiger partial charge in [0.15, 0.2) is 11.5 Å². The molecule has 0 bridgehead atoms. The summed E-state index contributed by atoms with van der Waals surface area (Å²) in [5.74, 6) is -0.559. The van der Waals surface area contributed by atoms with Gasteiger partial charge >= 0.3 is 5.97 Å². The monoisotopic (exact) mass is 335 g/mol. The van der Waals surface area contributed by atoms with Gasteiger partial charge in [0.1, 0.15) is 0 Å². The fraction of sp³-hybridized carbons (Fsp3) is 0.529. The van der Waals surface area contributed by atoms with E-state index >= 15 is 0 Å². The smallest absolute Gasteiger partial charge is 0.308 e. The molecule has 0 aromatic heterocycles. The van der Waals surface area contributed by atoms with Gasteiger partial charge in [-0.05, 0) is 24.6 Å². The van der Waals surface area contributed by atoms with Crippen LogP contribution in [0.3, 0.4) is 0 Å². The van der Waals surface area contributed by atoms with Crippen LogP contribution in [0.5, 0.6) is 11.5 Å². The Labute approximate surface area is 140 Å². The summed E-state index contributed by atoms with van der Waals surface area (Å²) in [5.41, 5.74) is 0.853. The number of ether oxygens (including phenoxy) is 3. The van der Waals surface area contributed by atoms with Gasteiger partial charge < -0.3 is 24.2 Å². The van der Waals surface area contributed by atoms with E-state index in [2.05, 4.69) is 0 Å². The van der Waals surface area contributed by atoms with Crippen LogP contribution in [0.1, 0.15) is 24.8 Å². The number of carbonyl (C=O) groups excluding carboxylic acids is 1. The van der Waals surface area contributed by atoms with Crippen LogP contribution < -0.4 is 9.47 Å². The van der Waals surface area contributed by atoms with Crippen molar-refractivity contribution in [2.75, 3.05) is 33.1 Å². The van der Waals surface area contributed by atoms with Gasteiger partial charge in [-0.2, -0.15) is 0 Å². The van der Waals surface area contributed by atoms with Crippen LogP contribution in [0.25, 0.3) is 0 Å². The average Bonchev–Trinajstić information content (AvgIpc) is 3.21. The maximum atomic E-state index is 12.3. The summed E-state index contributed by atoms with van der Waals surface area (Å²) in [4.78, 5) is 25.5. The normalized spacial score (nSPS) is 22.0. The summed E-state index contributed by atoms with van der Waals surface area (Å²) < 4.78 is 15.9. The molecule has 1 saturated heterocycles. The minimum atomic E-state index is -0.891. The molecular formula is C17H21NO6. The van der Waals surface area contributed by atoms with Crippen molar-refractivity contribution in [3.8, 4) is 11.5 Å². The fourth-order valence-electron chi connectivity index (χ4n) is 3.20. The number of likely N-dealkylation sites (tertiary alicyclic amines) is 1. The number of nitrogens with zero attached hydrogens (tertiary/aromatic N) is 1. The summed E-state index contributed by atoms with van der Waals surface area (Å²) in [6.45, 7) is 3.58. The molecule has 130 valence electrons. The molecule has 1 aromatic carbocycles. The van der Waals surface area contributed by atoms with E-state index in [1.54, 1.807) is 11.0 Å². The highest BCUT2D eigenvalue weighted by molar-refractivity contribution is 5.79. The average molecular weight is 335 g/mol. The Hall–Kier alpha value is -2.28. The minimum absolute atomic E-state index is 0.0713. The molecule has 2 heterocycles. The lowest BCUT2D eigenvalue weighted by molar-refractivity contribution is -0.141. The second-order valence-electron chi connectivity index (χ2n) is 5.91. The molecule has 1 N–H and O–H groups in total. The molecule has 2 aliphatic heterocycles. The largest absolute Gasteiger partial charge is 0.481 e. The van der Waals surface area contributed by atoms with Crippen molar-refractivity contribution in [2.24, 2.45) is 5.92 Å². The molecule has 3 rings (SSSR count). The van der Waals surface area contributed by atoms with E-state index in [0.29, 0.717) is 31.3 Å². The third-order valence-electron chi connectivity index (χ3n) is 4.48. The molecule has 2 aliphatic rings. The van der Waals surface area contributed by atoms with Gasteiger partial charge in [0, 0.05) is 25.6 Å². The molecule has 2 atom stereocenters. The third-order valence-corrected chi connectivity index (χ3v) is 4.48. The Kier molecular flexibility index (Phi) is 4.89. The van der Waals surface area contributed by atoms with Crippen LogP contribution >= 0.6 is 0 Å². The summed E-state index contributed by atoms with van der Waals surface area (Å²) in [7, 11) is 0. The van der Waals surface area contributed by atoms with E-state index in [-0.39, 0.29) is 31.6 Å². The van der Waals surface area contributed by atoms with Gasteiger partial charge in [0.25, 0.3) is 0 Å². The van der Waals surface area contributed by atoms with E-state index in [0.717, 1.165) is 5.56 Å². The van der Waals surface area contributed by atoms with Gasteiger partial charge in [0.2, 0.25) is 12.7 Å². The van der Waals surface area contributed by atoms with Crippen LogP contribution in [-0.4, -0.2) is 55.0 Å². The van der Waals surface area contributed by atoms with Crippen molar-refractivity contribution in [2.45, 2.75) is 19.3 Å². The standard InChI is InChI=1S/C17H21NO6/c1-2-22-6-5-16(19)18-8-12(13(9-18)17(20)21)11-3-4-14-15(7-11)24-10-23-14/h3-4,7,12-13H,2,5-6,8-10H2,1H3,(H,20,21)/t12-,13+/m0/s1. The lowest BCUT2D eigenvalue weighted by Gasteiger charge is -2.16. The number of rotatable bonds is 6. The predicted molar refractivity (Wildman–Crippen MR) is 84.1 cm³/mol. The van der Waals surface area contributed by atoms with Crippen LogP contribution in [0.2, 0.25) is 0 Å². The van der Waals surface area contributed by atoms with E-state index in [1.165, 1.54) is 0 Å². The predicted octanol–water partition coefficient (Wildman–Crippen LogP) is 1.47. The van der Waals surface area contributed by atoms with Crippen molar-refractivity contribution in [1.29, 1.82) is 0 Å². The van der Waals surface area contributed by atoms with Crippen molar-refractivity contribution in [1.82, 2.24) is 4.90 Å². The number of carboxylic acids is 1. The summed E-state index contributed by atoms with van der Waals surface area (Å²) in [6, 6.07) is 5.45. The maximum Gasteiger partial charge on any atom is 0.308 e. The SMILES string of the molecule is CCOCCC(=O)N1C[C@@H](C(=O)O)[C@H](c2ccc3c(c2)OCO3)C1. The molecule has 7 heteroatoms. The van der Waals surface area contributed by atoms with E-state index in [9.17, 15) is 14.7 Å². The van der Waals surface area contributed by atoms with Gasteiger partial charge in [-0.25, -0.2) is 0 Å². The van der Waals surface area contributed by atoms with Gasteiger partial charge in [-0.15, -0.1) is 0 Å². The zero-order chi connectivity index (χ0) is 17.1. The molecule has 0 saturated carbocycles. The first-order valence-corrected chi connectivity index (χ1v) is 8.08. The Balaban J connectivity index is 1.74. The summed E-state index contributed by atoms with van der Waals surface area (Å²) in [6.07, 6.45) is 0.272. The Morgan fingerprint density at radius 3 is 2.83 bits per heavy atom. The second-order valence-corrected chi connectivity index (χ2v) is 5.91. The minimum Gasteiger partial charge on any atom is -0.481 e. The first-order valence-electron chi connectivity index (χ1n) is 8.08. The van der Waals surface area contributed by atoms with Crippen molar-refractivity contribution in [3.63, 3.8) is 0 Å². The van der Waals surface area contributed by atoms with Gasteiger partial charge in [-0.3, -0.25) is 9.59 Å². The first kappa shape index (κ1) is 16.6. The number of carboxylic acid groups (broad SMARTS) is 1. The molecule has 7 nitrogen and oxygen atoms in total. The lowest BCUT2D eigenvalue weighted by Crippen LogP contribution is -2.30. The van der Waals surface area contributed by atoms with Crippen LogP contribution in [0.4, 0.5) is 0 Å². The second kappa shape index (κ2) is 7.09. The zero-order valence-electron chi connectivity index (χ0n) is 13.6. The van der Waals surface area contributed by atoms with Crippen LogP contribution in [-0.2, 0) is 14.3 Å². The van der Waals surface area contributed by atoms with Crippen molar-refractivity contribution < 1.29 is 28.9 Å². The topological polar surface area (TPSA) is 85.3 Å². The molecule has 0 radical (unpaired) electrons. The summed E-state index contributed by atoms with van der Waals surface area (Å²) >= 11 is 0. The van der Waals surface area contributed by atoms with Crippen LogP contribution in [0, 0.1) is 5.92 Å². The molecule has 1 fully saturated rings. The highest BCUT2D eigenvalue weighted by Gasteiger charge is 2.40. The molecule has 24 heavy (non-hydrogen) atoms. The number of fused-ring (bicyclic) bond motifs is 1. The van der Waals surface area contributed by atoms with Crippen LogP contribution in [0.15, 0.2) is 18.2 Å². The molecular weight excluding hydrogens is 314 g/mol. The maximum absolute atomic E-state index is 12.3. The number of carbonyl (C=O) groups is 2. The first-order chi connectivity index (χ1) is 11.6. The van der Waals surface area contributed by atoms with E-state index < -0.39 is 11.9 Å². The molecule has 0 spiro atoms. The highest BCUT2D eigenvalue weighted by atomic mass is 16.7. The van der Waals surface area contributed by atoms with Crippen molar-refractivity contribution in [3.05, 3.63) is 23.8 Å². The molecule has 1 amide bonds. The Bertz CT molecular complexity index is 632. The number of aliphatic carboxylic acids is 1. The Morgan fingerprint density at radius 1 is 1.29 bits per heavy atom. The van der Waals surface area contributed by atoms with E-state index in [1.807, 2.05) is 19.1 Å². The van der Waals surface area contributed by atoms with Crippen molar-refractivity contribution >= 4 is 11.9 Å². The number of hydrogen-bond acceptors (Lipinski definition) is 5. The summed E-state index contributed by atoms with van der Waals surface area (Å²) in [5, 5.41) is 9.53. The third kappa shape index (κ3) is 3.31. The van der Waals surface area contributed by atoms with Gasteiger partial charge in [0.05, 0.1) is 18.9 Å². The molecule has 0 aliphatic carbocycles. The fourth-order valence-corrected chi connectivity index (χ4v) is 3.20. The molecule has 1 aromatic rings.